The molecule has 0 bridgehead atoms. The summed E-state index contributed by atoms with van der Waals surface area (Å²) in [5.74, 6) is -1.28. The molecule has 0 spiro atoms. The lowest BCUT2D eigenvalue weighted by Gasteiger charge is -2.11. The van der Waals surface area contributed by atoms with Gasteiger partial charge in [-0.3, -0.25) is 4.79 Å². The van der Waals surface area contributed by atoms with Gasteiger partial charge in [0.05, 0.1) is 18.2 Å². The zero-order valence-corrected chi connectivity index (χ0v) is 15.6. The van der Waals surface area contributed by atoms with Crippen LogP contribution in [0.1, 0.15) is 20.8 Å². The van der Waals surface area contributed by atoms with Crippen LogP contribution in [-0.4, -0.2) is 19.2 Å². The Kier molecular flexibility index (Phi) is 6.33. The summed E-state index contributed by atoms with van der Waals surface area (Å²) in [5, 5.41) is 5.74. The van der Waals surface area contributed by atoms with Gasteiger partial charge in [0.15, 0.2) is 11.6 Å². The number of nitrogens with zero attached hydrogens (tertiary/aromatic N) is 1. The highest BCUT2D eigenvalue weighted by Gasteiger charge is 2.09. The number of nitrogens with one attached hydrogen (secondary N) is 1. The molecule has 0 saturated carbocycles. The number of benzene rings is 2. The number of methoxy groups -OCH3 is 1. The third kappa shape index (κ3) is 4.92. The maximum atomic E-state index is 13.7. The van der Waals surface area contributed by atoms with E-state index in [1.54, 1.807) is 35.7 Å². The minimum Gasteiger partial charge on any atom is -0.496 e. The number of ether oxygens (including phenoxy) is 2. The summed E-state index contributed by atoms with van der Waals surface area (Å²) in [5.41, 5.74) is 3.77. The molecule has 0 saturated heterocycles. The third-order valence-electron chi connectivity index (χ3n) is 3.71. The van der Waals surface area contributed by atoms with Crippen molar-refractivity contribution in [2.24, 2.45) is 5.10 Å². The van der Waals surface area contributed by atoms with Crippen LogP contribution >= 0.6 is 11.3 Å². The minimum atomic E-state index is -0.784. The van der Waals surface area contributed by atoms with Crippen molar-refractivity contribution in [2.45, 2.75) is 6.61 Å². The van der Waals surface area contributed by atoms with Crippen LogP contribution in [-0.2, 0) is 6.61 Å². The van der Waals surface area contributed by atoms with E-state index in [0.717, 1.165) is 12.1 Å². The average molecular weight is 402 g/mol. The van der Waals surface area contributed by atoms with Gasteiger partial charge in [-0.25, -0.2) is 14.2 Å². The molecular weight excluding hydrogens is 386 g/mol. The fourth-order valence-electron chi connectivity index (χ4n) is 2.37. The highest BCUT2D eigenvalue weighted by atomic mass is 32.1. The molecule has 0 unspecified atom stereocenters. The Morgan fingerprint density at radius 2 is 2.00 bits per heavy atom. The molecule has 1 amide bonds. The normalized spacial score (nSPS) is 10.8. The summed E-state index contributed by atoms with van der Waals surface area (Å²) in [6, 6.07) is 11.8. The van der Waals surface area contributed by atoms with Crippen LogP contribution in [0.15, 0.2) is 59.0 Å². The van der Waals surface area contributed by atoms with E-state index in [4.69, 9.17) is 9.47 Å². The van der Waals surface area contributed by atoms with Gasteiger partial charge in [0.25, 0.3) is 5.91 Å². The van der Waals surface area contributed by atoms with Crippen molar-refractivity contribution >= 4 is 23.5 Å². The lowest BCUT2D eigenvalue weighted by Crippen LogP contribution is -2.16. The summed E-state index contributed by atoms with van der Waals surface area (Å²) < 4.78 is 37.4. The number of carbonyl (C=O) groups is 1. The second-order valence-electron chi connectivity index (χ2n) is 5.61. The first-order valence-electron chi connectivity index (χ1n) is 8.18. The van der Waals surface area contributed by atoms with Gasteiger partial charge in [-0.15, -0.1) is 11.3 Å². The molecule has 0 aliphatic carbocycles. The highest BCUT2D eigenvalue weighted by Crippen LogP contribution is 2.23. The van der Waals surface area contributed by atoms with E-state index < -0.39 is 11.6 Å². The smallest absolute Gasteiger partial charge is 0.281 e. The van der Waals surface area contributed by atoms with Crippen LogP contribution in [0.3, 0.4) is 0 Å². The van der Waals surface area contributed by atoms with E-state index in [2.05, 4.69) is 10.5 Å². The van der Waals surface area contributed by atoms with Crippen LogP contribution in [0.2, 0.25) is 0 Å². The Balaban J connectivity index is 1.69. The van der Waals surface area contributed by atoms with Crippen LogP contribution in [0, 0.1) is 11.6 Å². The first-order chi connectivity index (χ1) is 13.6. The SMILES string of the molecule is COc1ccc(/C=N/NC(=O)c2cccs2)cc1COc1ccc(F)cc1F. The van der Waals surface area contributed by atoms with Crippen molar-refractivity contribution in [3.63, 3.8) is 0 Å². The minimum absolute atomic E-state index is 0.00889. The molecule has 3 aromatic rings. The maximum absolute atomic E-state index is 13.7. The number of halogens is 2. The molecule has 5 nitrogen and oxygen atoms in total. The van der Waals surface area contributed by atoms with E-state index in [1.165, 1.54) is 30.7 Å². The quantitative estimate of drug-likeness (QED) is 0.471. The number of hydrogen-bond donors (Lipinski definition) is 1. The monoisotopic (exact) mass is 402 g/mol. The molecule has 2 aromatic carbocycles. The predicted molar refractivity (Wildman–Crippen MR) is 103 cm³/mol. The fourth-order valence-corrected chi connectivity index (χ4v) is 2.98. The van der Waals surface area contributed by atoms with Crippen LogP contribution in [0.5, 0.6) is 11.5 Å². The molecule has 0 fully saturated rings. The first kappa shape index (κ1) is 19.5. The molecule has 1 aromatic heterocycles. The molecule has 28 heavy (non-hydrogen) atoms. The lowest BCUT2D eigenvalue weighted by molar-refractivity contribution is 0.0959. The van der Waals surface area contributed by atoms with Crippen molar-refractivity contribution in [1.82, 2.24) is 5.43 Å². The molecule has 3 rings (SSSR count). The first-order valence-corrected chi connectivity index (χ1v) is 9.06. The van der Waals surface area contributed by atoms with Gasteiger partial charge >= 0.3 is 0 Å². The second kappa shape index (κ2) is 9.09. The molecule has 0 aliphatic heterocycles. The number of hydrogen-bond acceptors (Lipinski definition) is 5. The van der Waals surface area contributed by atoms with Gasteiger partial charge in [-0.1, -0.05) is 6.07 Å². The Morgan fingerprint density at radius 3 is 2.71 bits per heavy atom. The largest absolute Gasteiger partial charge is 0.496 e. The second-order valence-corrected chi connectivity index (χ2v) is 6.56. The number of hydrazone groups is 1. The molecule has 0 radical (unpaired) electrons. The molecular formula is C20H16F2N2O3S. The van der Waals surface area contributed by atoms with E-state index >= 15 is 0 Å². The Labute approximate surface area is 164 Å². The number of amides is 1. The molecule has 0 atom stereocenters. The molecule has 8 heteroatoms. The van der Waals surface area contributed by atoms with Crippen molar-refractivity contribution < 1.29 is 23.0 Å². The summed E-state index contributed by atoms with van der Waals surface area (Å²) in [4.78, 5) is 12.4. The third-order valence-corrected chi connectivity index (χ3v) is 4.57. The number of carbonyl (C=O) groups excluding carboxylic acids is 1. The standard InChI is InChI=1S/C20H16F2N2O3S/c1-26-17-6-4-13(11-23-24-20(25)19-3-2-8-28-19)9-14(17)12-27-18-7-5-15(21)10-16(18)22/h2-11H,12H2,1H3,(H,24,25)/b23-11+. The van der Waals surface area contributed by atoms with E-state index in [-0.39, 0.29) is 18.3 Å². The fraction of sp³-hybridized carbons (Fsp3) is 0.100. The zero-order chi connectivity index (χ0) is 19.9. The van der Waals surface area contributed by atoms with Crippen LogP contribution in [0.4, 0.5) is 8.78 Å². The lowest BCUT2D eigenvalue weighted by atomic mass is 10.1. The Bertz CT molecular complexity index is 991. The number of rotatable bonds is 7. The van der Waals surface area contributed by atoms with Crippen molar-refractivity contribution in [2.75, 3.05) is 7.11 Å². The van der Waals surface area contributed by atoms with Crippen molar-refractivity contribution in [3.8, 4) is 11.5 Å². The molecule has 1 heterocycles. The number of thiophene rings is 1. The molecule has 1 N–H and O–H groups in total. The van der Waals surface area contributed by atoms with Gasteiger partial charge < -0.3 is 9.47 Å². The predicted octanol–water partition coefficient (Wildman–Crippen LogP) is 4.38. The van der Waals surface area contributed by atoms with Gasteiger partial charge in [0.1, 0.15) is 18.2 Å². The zero-order valence-electron chi connectivity index (χ0n) is 14.8. The summed E-state index contributed by atoms with van der Waals surface area (Å²) in [7, 11) is 1.51. The maximum Gasteiger partial charge on any atom is 0.281 e. The summed E-state index contributed by atoms with van der Waals surface area (Å²) in [6.45, 7) is 0.00889. The van der Waals surface area contributed by atoms with Gasteiger partial charge in [-0.2, -0.15) is 5.10 Å². The average Bonchev–Trinajstić information content (AvgIpc) is 3.22. The summed E-state index contributed by atoms with van der Waals surface area (Å²) in [6.07, 6.45) is 1.48. The van der Waals surface area contributed by atoms with Crippen LogP contribution < -0.4 is 14.9 Å². The Morgan fingerprint density at radius 1 is 1.18 bits per heavy atom. The van der Waals surface area contributed by atoms with E-state index in [1.807, 2.05) is 0 Å². The summed E-state index contributed by atoms with van der Waals surface area (Å²) >= 11 is 1.32. The van der Waals surface area contributed by atoms with Gasteiger partial charge in [0.2, 0.25) is 0 Å². The van der Waals surface area contributed by atoms with Crippen molar-refractivity contribution in [3.05, 3.63) is 81.5 Å². The van der Waals surface area contributed by atoms with Gasteiger partial charge in [0, 0.05) is 11.6 Å². The van der Waals surface area contributed by atoms with Crippen molar-refractivity contribution in [1.29, 1.82) is 0 Å². The molecule has 0 aliphatic rings. The van der Waals surface area contributed by atoms with Gasteiger partial charge in [-0.05, 0) is 47.3 Å². The topological polar surface area (TPSA) is 59.9 Å². The van der Waals surface area contributed by atoms with Crippen LogP contribution in [0.25, 0.3) is 0 Å². The Hall–Kier alpha value is -3.26. The van der Waals surface area contributed by atoms with E-state index in [0.29, 0.717) is 21.8 Å². The molecule has 144 valence electrons. The highest BCUT2D eigenvalue weighted by molar-refractivity contribution is 7.12. The van der Waals surface area contributed by atoms with E-state index in [9.17, 15) is 13.6 Å².